The van der Waals surface area contributed by atoms with Crippen LogP contribution in [0.15, 0.2) is 294 Å². The number of rotatable bonds is 4. The lowest BCUT2D eigenvalue weighted by atomic mass is 9.68. The summed E-state index contributed by atoms with van der Waals surface area (Å²) >= 11 is 9.70. The van der Waals surface area contributed by atoms with Gasteiger partial charge in [-0.3, -0.25) is 0 Å². The molecule has 3 aliphatic rings. The lowest BCUT2D eigenvalue weighted by molar-refractivity contribution is 0.767. The van der Waals surface area contributed by atoms with Crippen LogP contribution >= 0.6 is 54.5 Å². The number of fused-ring (bicyclic) bond motifs is 9. The van der Waals surface area contributed by atoms with Crippen LogP contribution < -0.4 is 0 Å². The largest absolute Gasteiger partial charge is 0.0714 e. The second-order valence-electron chi connectivity index (χ2n) is 18.2. The van der Waals surface area contributed by atoms with Gasteiger partial charge in [-0.2, -0.15) is 0 Å². The van der Waals surface area contributed by atoms with Gasteiger partial charge in [0.2, 0.25) is 0 Å². The van der Waals surface area contributed by atoms with Crippen molar-refractivity contribution in [2.24, 2.45) is 0 Å². The van der Waals surface area contributed by atoms with Gasteiger partial charge in [-0.25, -0.2) is 0 Å². The van der Waals surface area contributed by atoms with Gasteiger partial charge in [0.25, 0.3) is 0 Å². The van der Waals surface area contributed by atoms with Crippen molar-refractivity contribution < 1.29 is 0 Å². The second kappa shape index (κ2) is 21.1. The normalized spacial score (nSPS) is 13.1. The maximum absolute atomic E-state index is 3.71. The smallest absolute Gasteiger partial charge is 0.0622 e. The van der Waals surface area contributed by atoms with E-state index in [1.165, 1.54) is 92.6 Å². The molecule has 0 spiro atoms. The first kappa shape index (κ1) is 47.4. The lowest BCUT2D eigenvalue weighted by Crippen LogP contribution is -2.28. The average Bonchev–Trinajstić information content (AvgIpc) is 4.07. The van der Waals surface area contributed by atoms with Crippen molar-refractivity contribution in [1.82, 2.24) is 0 Å². The van der Waals surface area contributed by atoms with Gasteiger partial charge in [-0.15, -0.1) is 0 Å². The summed E-state index contributed by atoms with van der Waals surface area (Å²) in [6, 6.07) is 102. The SMILES string of the molecule is Brc1ccc2c(c1)C(c1ccccc1)(c1ccccc1)c1cc(Br)ccc1-2.Ic1ccccc1.c1ccc(C2(c3ccccc3)c3ccccc3-c3ccccc32)cc1.c1ccc2c(c1)Cc1ccccc1-2. The van der Waals surface area contributed by atoms with Gasteiger partial charge in [-0.1, -0.05) is 281 Å². The summed E-state index contributed by atoms with van der Waals surface area (Å²) in [7, 11) is 0. The molecule has 0 fully saturated rings. The van der Waals surface area contributed by atoms with Crippen LogP contribution in [0, 0.1) is 3.57 Å². The summed E-state index contributed by atoms with van der Waals surface area (Å²) in [5.74, 6) is 0. The van der Waals surface area contributed by atoms with Gasteiger partial charge in [0, 0.05) is 12.5 Å². The quantitative estimate of drug-likeness (QED) is 0.154. The predicted molar refractivity (Wildman–Crippen MR) is 317 cm³/mol. The first-order valence-electron chi connectivity index (χ1n) is 24.4. The molecule has 0 aliphatic heterocycles. The third kappa shape index (κ3) is 8.72. The molecule has 14 rings (SSSR count). The van der Waals surface area contributed by atoms with E-state index in [2.05, 4.69) is 321 Å². The standard InChI is InChI=1S/C25H16Br2.C25H18.C13H10.C6H5I/c26-19-11-13-21-22-14-12-20(27)16-24(22)25(23(21)15-19,17-7-3-1-4-8-17)18-9-5-2-6-10-18;1-3-11-19(12-4-1)25(20-13-5-2-6-14-20)23-17-9-7-15-21(23)22-16-8-10-18-24(22)25;1-3-7-12-10(5-1)9-11-6-2-4-8-13(11)12;7-6-4-2-1-3-5-6/h1-16H;1-18H;1-8H,9H2;1-5H. The third-order valence-corrected chi connectivity index (χ3v) is 16.0. The van der Waals surface area contributed by atoms with E-state index in [4.69, 9.17) is 0 Å². The number of benzene rings is 11. The Morgan fingerprint density at radius 1 is 0.264 bits per heavy atom. The maximum Gasteiger partial charge on any atom is 0.0714 e. The van der Waals surface area contributed by atoms with Gasteiger partial charge < -0.3 is 0 Å². The Hall–Kier alpha value is -6.89. The fourth-order valence-corrected chi connectivity index (χ4v) is 12.5. The molecule has 3 heteroatoms. The van der Waals surface area contributed by atoms with Crippen LogP contribution in [0.25, 0.3) is 33.4 Å². The molecule has 0 atom stereocenters. The van der Waals surface area contributed by atoms with Crippen LogP contribution in [0.2, 0.25) is 0 Å². The molecular weight excluding hydrogens is 1120 g/mol. The van der Waals surface area contributed by atoms with Gasteiger partial charge in [-0.05, 0) is 154 Å². The first-order valence-corrected chi connectivity index (χ1v) is 27.0. The Balaban J connectivity index is 0.000000114. The van der Waals surface area contributed by atoms with Crippen molar-refractivity contribution >= 4 is 54.5 Å². The molecule has 0 N–H and O–H groups in total. The molecule has 0 saturated carbocycles. The fourth-order valence-electron chi connectivity index (χ4n) is 11.3. The van der Waals surface area contributed by atoms with Crippen LogP contribution in [0.1, 0.15) is 55.6 Å². The highest BCUT2D eigenvalue weighted by Gasteiger charge is 2.47. The molecular formula is C69H49Br2I. The van der Waals surface area contributed by atoms with Gasteiger partial charge in [0.1, 0.15) is 0 Å². The molecule has 0 unspecified atom stereocenters. The lowest BCUT2D eigenvalue weighted by Gasteiger charge is -2.34. The second-order valence-corrected chi connectivity index (χ2v) is 21.3. The van der Waals surface area contributed by atoms with Crippen LogP contribution in [-0.4, -0.2) is 0 Å². The van der Waals surface area contributed by atoms with E-state index in [-0.39, 0.29) is 10.8 Å². The van der Waals surface area contributed by atoms with E-state index in [1.54, 1.807) is 0 Å². The van der Waals surface area contributed by atoms with Crippen molar-refractivity contribution in [3.8, 4) is 33.4 Å². The number of hydrogen-bond donors (Lipinski definition) is 0. The van der Waals surface area contributed by atoms with Crippen molar-refractivity contribution in [1.29, 1.82) is 0 Å². The van der Waals surface area contributed by atoms with Crippen molar-refractivity contribution in [3.05, 3.63) is 353 Å². The summed E-state index contributed by atoms with van der Waals surface area (Å²) in [5, 5.41) is 0. The summed E-state index contributed by atoms with van der Waals surface area (Å²) in [5.41, 5.74) is 21.0. The molecule has 0 radical (unpaired) electrons. The van der Waals surface area contributed by atoms with Crippen LogP contribution in [-0.2, 0) is 17.3 Å². The average molecular weight is 1160 g/mol. The van der Waals surface area contributed by atoms with E-state index < -0.39 is 0 Å². The molecule has 0 nitrogen and oxygen atoms in total. The van der Waals surface area contributed by atoms with Gasteiger partial charge in [0.05, 0.1) is 10.8 Å². The monoisotopic (exact) mass is 1160 g/mol. The minimum Gasteiger partial charge on any atom is -0.0622 e. The Morgan fingerprint density at radius 2 is 0.542 bits per heavy atom. The van der Waals surface area contributed by atoms with Gasteiger partial charge in [0.15, 0.2) is 0 Å². The maximum atomic E-state index is 3.71. The highest BCUT2D eigenvalue weighted by molar-refractivity contribution is 14.1. The first-order chi connectivity index (χ1) is 35.5. The molecule has 0 amide bonds. The van der Waals surface area contributed by atoms with E-state index in [1.807, 2.05) is 18.2 Å². The third-order valence-electron chi connectivity index (χ3n) is 14.3. The predicted octanol–water partition coefficient (Wildman–Crippen LogP) is 19.2. The van der Waals surface area contributed by atoms with Crippen LogP contribution in [0.3, 0.4) is 0 Å². The minimum absolute atomic E-state index is 0.254. The van der Waals surface area contributed by atoms with Crippen molar-refractivity contribution in [2.75, 3.05) is 0 Å². The van der Waals surface area contributed by atoms with E-state index >= 15 is 0 Å². The summed E-state index contributed by atoms with van der Waals surface area (Å²) in [4.78, 5) is 0. The number of halogens is 3. The molecule has 0 aromatic heterocycles. The fraction of sp³-hybridized carbons (Fsp3) is 0.0435. The highest BCUT2D eigenvalue weighted by Crippen LogP contribution is 2.58. The highest BCUT2D eigenvalue weighted by atomic mass is 127. The number of hydrogen-bond acceptors (Lipinski definition) is 0. The molecule has 72 heavy (non-hydrogen) atoms. The summed E-state index contributed by atoms with van der Waals surface area (Å²) in [6.07, 6.45) is 1.10. The Kier molecular flexibility index (Phi) is 13.9. The van der Waals surface area contributed by atoms with Crippen LogP contribution in [0.4, 0.5) is 0 Å². The molecule has 0 heterocycles. The van der Waals surface area contributed by atoms with Gasteiger partial charge >= 0.3 is 0 Å². The van der Waals surface area contributed by atoms with Crippen molar-refractivity contribution in [2.45, 2.75) is 17.3 Å². The molecule has 11 aromatic rings. The zero-order chi connectivity index (χ0) is 48.9. The van der Waals surface area contributed by atoms with E-state index in [0.29, 0.717) is 0 Å². The molecule has 0 saturated heterocycles. The molecule has 3 aliphatic carbocycles. The van der Waals surface area contributed by atoms with E-state index in [0.717, 1.165) is 15.4 Å². The Morgan fingerprint density at radius 3 is 0.889 bits per heavy atom. The Labute approximate surface area is 454 Å². The molecule has 0 bridgehead atoms. The Bertz CT molecular complexity index is 3410. The zero-order valence-corrected chi connectivity index (χ0v) is 44.8. The molecule has 346 valence electrons. The molecule has 11 aromatic carbocycles. The summed E-state index contributed by atoms with van der Waals surface area (Å²) in [6.45, 7) is 0. The van der Waals surface area contributed by atoms with Crippen LogP contribution in [0.5, 0.6) is 0 Å². The van der Waals surface area contributed by atoms with E-state index in [9.17, 15) is 0 Å². The zero-order valence-electron chi connectivity index (χ0n) is 39.5. The van der Waals surface area contributed by atoms with Crippen molar-refractivity contribution in [3.63, 3.8) is 0 Å². The summed E-state index contributed by atoms with van der Waals surface area (Å²) < 4.78 is 3.49. The topological polar surface area (TPSA) is 0 Å². The minimum atomic E-state index is -0.333.